The van der Waals surface area contributed by atoms with Crippen molar-refractivity contribution in [3.63, 3.8) is 0 Å². The molecule has 0 spiro atoms. The highest BCUT2D eigenvalue weighted by atomic mass is 35.5. The summed E-state index contributed by atoms with van der Waals surface area (Å²) in [6.07, 6.45) is 5.43. The normalized spacial score (nSPS) is 15.3. The molecule has 1 heterocycles. The van der Waals surface area contributed by atoms with Crippen LogP contribution in [0, 0.1) is 5.41 Å². The Morgan fingerprint density at radius 3 is 2.59 bits per heavy atom. The van der Waals surface area contributed by atoms with Gasteiger partial charge in [0.15, 0.2) is 0 Å². The molecule has 1 aliphatic rings. The third-order valence-electron chi connectivity index (χ3n) is 5.61. The minimum Gasteiger partial charge on any atom is -0.399 e. The number of nitrogens with two attached hydrogens (primary N) is 2. The molecule has 7 nitrogen and oxygen atoms in total. The van der Waals surface area contributed by atoms with E-state index in [1.165, 1.54) is 6.33 Å². The Morgan fingerprint density at radius 2 is 1.91 bits per heavy atom. The molecule has 0 radical (unpaired) electrons. The van der Waals surface area contributed by atoms with E-state index in [2.05, 4.69) is 41.4 Å². The first-order valence-electron chi connectivity index (χ1n) is 11.3. The van der Waals surface area contributed by atoms with E-state index in [-0.39, 0.29) is 5.41 Å². The Balaban J connectivity index is 1.72. The fourth-order valence-electron chi connectivity index (χ4n) is 3.64. The third-order valence-corrected chi connectivity index (χ3v) is 6.24. The standard InChI is InChI=1S/C25H31Cl2N7/c1-25(2,3)13-30-24-18-10-15(11-20(27)22(18)31-14-32-24)33-23(17-6-4-5-7-19(17)26)21(28)12-34(29)16-8-9-16/h4-7,10-12,14,16,23,33H,8-9,13,28-29H2,1-3H3,(H,30,31,32)/b21-12-. The number of benzene rings is 2. The van der Waals surface area contributed by atoms with Gasteiger partial charge in [-0.2, -0.15) is 0 Å². The van der Waals surface area contributed by atoms with Crippen LogP contribution in [-0.2, 0) is 0 Å². The van der Waals surface area contributed by atoms with Crippen LogP contribution in [0.5, 0.6) is 0 Å². The molecule has 4 rings (SSSR count). The van der Waals surface area contributed by atoms with E-state index < -0.39 is 6.04 Å². The molecular weight excluding hydrogens is 469 g/mol. The average Bonchev–Trinajstić information content (AvgIpc) is 3.62. The number of aromatic nitrogens is 2. The number of nitrogens with zero attached hydrogens (tertiary/aromatic N) is 3. The van der Waals surface area contributed by atoms with Crippen molar-refractivity contribution < 1.29 is 0 Å². The molecule has 3 aromatic rings. The van der Waals surface area contributed by atoms with Crippen molar-refractivity contribution in [1.82, 2.24) is 15.0 Å². The van der Waals surface area contributed by atoms with Crippen molar-refractivity contribution in [3.05, 3.63) is 70.2 Å². The smallest absolute Gasteiger partial charge is 0.137 e. The van der Waals surface area contributed by atoms with E-state index in [0.29, 0.717) is 27.3 Å². The number of nitrogens with one attached hydrogen (secondary N) is 2. The first-order valence-corrected chi connectivity index (χ1v) is 12.1. The number of hydrogen-bond donors (Lipinski definition) is 4. The molecule has 1 fully saturated rings. The highest BCUT2D eigenvalue weighted by molar-refractivity contribution is 6.35. The predicted molar refractivity (Wildman–Crippen MR) is 142 cm³/mol. The maximum Gasteiger partial charge on any atom is 0.137 e. The van der Waals surface area contributed by atoms with Crippen LogP contribution in [0.15, 0.2) is 54.6 Å². The molecule has 1 saturated carbocycles. The summed E-state index contributed by atoms with van der Waals surface area (Å²) in [6.45, 7) is 7.24. The van der Waals surface area contributed by atoms with Gasteiger partial charge < -0.3 is 21.4 Å². The van der Waals surface area contributed by atoms with E-state index in [0.717, 1.165) is 41.8 Å². The minimum atomic E-state index is -0.414. The molecule has 180 valence electrons. The fourth-order valence-corrected chi connectivity index (χ4v) is 4.15. The van der Waals surface area contributed by atoms with Crippen LogP contribution in [0.3, 0.4) is 0 Å². The Labute approximate surface area is 210 Å². The average molecular weight is 500 g/mol. The van der Waals surface area contributed by atoms with E-state index >= 15 is 0 Å². The van der Waals surface area contributed by atoms with E-state index in [9.17, 15) is 0 Å². The van der Waals surface area contributed by atoms with E-state index in [1.807, 2.05) is 36.4 Å². The molecule has 0 bridgehead atoms. The second-order valence-corrected chi connectivity index (χ2v) is 10.7. The zero-order valence-corrected chi connectivity index (χ0v) is 21.2. The van der Waals surface area contributed by atoms with Crippen LogP contribution < -0.4 is 22.2 Å². The SMILES string of the molecule is CC(C)(C)CNc1ncnc2c(Cl)cc(NC(/C(N)=C/N(N)C3CC3)c3ccccc3Cl)cc12. The number of hydrogen-bond acceptors (Lipinski definition) is 7. The number of fused-ring (bicyclic) bond motifs is 1. The molecular formula is C25H31Cl2N7. The Morgan fingerprint density at radius 1 is 1.18 bits per heavy atom. The van der Waals surface area contributed by atoms with Gasteiger partial charge in [0.05, 0.1) is 22.3 Å². The summed E-state index contributed by atoms with van der Waals surface area (Å²) in [5.74, 6) is 6.91. The van der Waals surface area contributed by atoms with E-state index in [1.54, 1.807) is 11.2 Å². The highest BCUT2D eigenvalue weighted by Gasteiger charge is 2.27. The van der Waals surface area contributed by atoms with Gasteiger partial charge in [-0.3, -0.25) is 0 Å². The number of anilines is 2. The van der Waals surface area contributed by atoms with Crippen molar-refractivity contribution in [3.8, 4) is 0 Å². The summed E-state index contributed by atoms with van der Waals surface area (Å²) in [4.78, 5) is 8.84. The van der Waals surface area contributed by atoms with Crippen molar-refractivity contribution >= 4 is 45.6 Å². The molecule has 0 amide bonds. The third kappa shape index (κ3) is 5.84. The number of halogens is 2. The lowest BCUT2D eigenvalue weighted by molar-refractivity contribution is 0.378. The molecule has 1 aromatic heterocycles. The first-order chi connectivity index (χ1) is 16.1. The molecule has 1 unspecified atom stereocenters. The number of rotatable bonds is 8. The maximum absolute atomic E-state index is 6.64. The van der Waals surface area contributed by atoms with Gasteiger partial charge in [-0.05, 0) is 42.0 Å². The van der Waals surface area contributed by atoms with Gasteiger partial charge in [0, 0.05) is 34.9 Å². The van der Waals surface area contributed by atoms with Gasteiger partial charge in [0.25, 0.3) is 0 Å². The van der Waals surface area contributed by atoms with Crippen molar-refractivity contribution in [1.29, 1.82) is 0 Å². The van der Waals surface area contributed by atoms with Crippen molar-refractivity contribution in [2.75, 3.05) is 17.2 Å². The lowest BCUT2D eigenvalue weighted by Crippen LogP contribution is -2.30. The van der Waals surface area contributed by atoms with Gasteiger partial charge >= 0.3 is 0 Å². The van der Waals surface area contributed by atoms with Crippen LogP contribution in [0.2, 0.25) is 10.0 Å². The van der Waals surface area contributed by atoms with Crippen molar-refractivity contribution in [2.45, 2.75) is 45.7 Å². The minimum absolute atomic E-state index is 0.0843. The molecule has 1 aliphatic carbocycles. The van der Waals surface area contributed by atoms with Crippen LogP contribution in [-0.4, -0.2) is 27.6 Å². The van der Waals surface area contributed by atoms with Gasteiger partial charge in [0.1, 0.15) is 12.1 Å². The Hall–Kier alpha value is -2.74. The van der Waals surface area contributed by atoms with Crippen molar-refractivity contribution in [2.24, 2.45) is 17.0 Å². The van der Waals surface area contributed by atoms with Gasteiger partial charge in [-0.15, -0.1) is 0 Å². The van der Waals surface area contributed by atoms with Crippen LogP contribution >= 0.6 is 23.2 Å². The van der Waals surface area contributed by atoms with Gasteiger partial charge in [-0.1, -0.05) is 62.2 Å². The summed E-state index contributed by atoms with van der Waals surface area (Å²) in [5, 5.41) is 10.5. The Kier molecular flexibility index (Phi) is 7.07. The summed E-state index contributed by atoms with van der Waals surface area (Å²) in [7, 11) is 0. The highest BCUT2D eigenvalue weighted by Crippen LogP contribution is 2.35. The molecule has 34 heavy (non-hydrogen) atoms. The summed E-state index contributed by atoms with van der Waals surface area (Å²) in [5.41, 5.74) is 9.48. The zero-order valence-electron chi connectivity index (χ0n) is 19.6. The van der Waals surface area contributed by atoms with Crippen LogP contribution in [0.1, 0.15) is 45.2 Å². The summed E-state index contributed by atoms with van der Waals surface area (Å²) < 4.78 is 0. The molecule has 0 aliphatic heterocycles. The summed E-state index contributed by atoms with van der Waals surface area (Å²) >= 11 is 13.2. The quantitative estimate of drug-likeness (QED) is 0.233. The second kappa shape index (κ2) is 9.86. The topological polar surface area (TPSA) is 105 Å². The fraction of sp³-hybridized carbons (Fsp3) is 0.360. The monoisotopic (exact) mass is 499 g/mol. The maximum atomic E-state index is 6.64. The number of hydrazine groups is 1. The van der Waals surface area contributed by atoms with E-state index in [4.69, 9.17) is 34.8 Å². The largest absolute Gasteiger partial charge is 0.399 e. The second-order valence-electron chi connectivity index (χ2n) is 9.90. The molecule has 2 aromatic carbocycles. The molecule has 6 N–H and O–H groups in total. The lowest BCUT2D eigenvalue weighted by atomic mass is 9.97. The molecule has 9 heteroatoms. The predicted octanol–water partition coefficient (Wildman–Crippen LogP) is 5.69. The van der Waals surface area contributed by atoms with Gasteiger partial charge in [0.2, 0.25) is 0 Å². The van der Waals surface area contributed by atoms with Crippen LogP contribution in [0.4, 0.5) is 11.5 Å². The Bertz CT molecular complexity index is 1200. The zero-order chi connectivity index (χ0) is 24.5. The van der Waals surface area contributed by atoms with Gasteiger partial charge in [-0.25, -0.2) is 15.8 Å². The van der Waals surface area contributed by atoms with Crippen LogP contribution in [0.25, 0.3) is 10.9 Å². The molecule has 1 atom stereocenters. The lowest BCUT2D eigenvalue weighted by Gasteiger charge is -2.25. The summed E-state index contributed by atoms with van der Waals surface area (Å²) in [6, 6.07) is 11.3. The first kappa shape index (κ1) is 24.4. The molecule has 0 saturated heterocycles.